The van der Waals surface area contributed by atoms with E-state index in [1.165, 1.54) is 0 Å². The van der Waals surface area contributed by atoms with Crippen LogP contribution in [0.3, 0.4) is 0 Å². The standard InChI is InChI=1S/C11H17N3O.C2H6/c1-4-6-11(15)14(5-2)7-10-9(3)12-8-13-10;1-2/h4,6,8H,5,7H2,1-3H3,(H,12,13);1-2H3/b6-4+;. The molecule has 17 heavy (non-hydrogen) atoms. The van der Waals surface area contributed by atoms with E-state index in [-0.39, 0.29) is 5.91 Å². The summed E-state index contributed by atoms with van der Waals surface area (Å²) < 4.78 is 0. The maximum atomic E-state index is 11.6. The average Bonchev–Trinajstić information content (AvgIpc) is 2.74. The maximum Gasteiger partial charge on any atom is 0.246 e. The van der Waals surface area contributed by atoms with Gasteiger partial charge in [0.25, 0.3) is 0 Å². The van der Waals surface area contributed by atoms with Gasteiger partial charge in [0, 0.05) is 12.2 Å². The number of nitrogens with one attached hydrogen (secondary N) is 1. The summed E-state index contributed by atoms with van der Waals surface area (Å²) in [5, 5.41) is 0. The molecule has 0 bridgehead atoms. The summed E-state index contributed by atoms with van der Waals surface area (Å²) in [5.41, 5.74) is 1.94. The summed E-state index contributed by atoms with van der Waals surface area (Å²) in [5.74, 6) is 0.0300. The van der Waals surface area contributed by atoms with Crippen molar-refractivity contribution in [3.05, 3.63) is 29.9 Å². The molecule has 1 rings (SSSR count). The first-order chi connectivity index (χ1) is 8.19. The fourth-order valence-electron chi connectivity index (χ4n) is 1.32. The zero-order valence-electron chi connectivity index (χ0n) is 11.4. The summed E-state index contributed by atoms with van der Waals surface area (Å²) in [6.07, 6.45) is 4.98. The zero-order valence-corrected chi connectivity index (χ0v) is 11.4. The molecule has 0 unspecified atom stereocenters. The second-order valence-corrected chi connectivity index (χ2v) is 3.33. The highest BCUT2D eigenvalue weighted by molar-refractivity contribution is 5.87. The van der Waals surface area contributed by atoms with Crippen LogP contribution in [0, 0.1) is 6.92 Å². The van der Waals surface area contributed by atoms with Gasteiger partial charge in [0.1, 0.15) is 0 Å². The molecule has 1 amide bonds. The Bertz CT molecular complexity index is 355. The van der Waals surface area contributed by atoms with Gasteiger partial charge in [0.15, 0.2) is 0 Å². The smallest absolute Gasteiger partial charge is 0.246 e. The van der Waals surface area contributed by atoms with E-state index in [1.807, 2.05) is 34.6 Å². The highest BCUT2D eigenvalue weighted by atomic mass is 16.2. The molecule has 0 aliphatic heterocycles. The lowest BCUT2D eigenvalue weighted by Gasteiger charge is -2.18. The minimum absolute atomic E-state index is 0.0300. The Labute approximate surface area is 104 Å². The Morgan fingerprint density at radius 2 is 2.18 bits per heavy atom. The van der Waals surface area contributed by atoms with Crippen molar-refractivity contribution in [3.8, 4) is 0 Å². The third kappa shape index (κ3) is 4.85. The molecule has 0 saturated heterocycles. The predicted octanol–water partition coefficient (Wildman–Crippen LogP) is 2.67. The number of rotatable bonds is 4. The van der Waals surface area contributed by atoms with Crippen LogP contribution in [-0.4, -0.2) is 27.3 Å². The number of carbonyl (C=O) groups excluding carboxylic acids is 1. The van der Waals surface area contributed by atoms with Crippen LogP contribution < -0.4 is 0 Å². The Balaban J connectivity index is 0.00000121. The van der Waals surface area contributed by atoms with Crippen LogP contribution in [0.2, 0.25) is 0 Å². The molecule has 4 heteroatoms. The van der Waals surface area contributed by atoms with E-state index < -0.39 is 0 Å². The van der Waals surface area contributed by atoms with Gasteiger partial charge in [-0.05, 0) is 26.8 Å². The molecule has 96 valence electrons. The number of allylic oxidation sites excluding steroid dienone is 1. The van der Waals surface area contributed by atoms with Crippen LogP contribution in [0.15, 0.2) is 18.5 Å². The van der Waals surface area contributed by atoms with E-state index in [4.69, 9.17) is 0 Å². The van der Waals surface area contributed by atoms with E-state index >= 15 is 0 Å². The maximum absolute atomic E-state index is 11.6. The molecule has 0 fully saturated rings. The van der Waals surface area contributed by atoms with Crippen LogP contribution >= 0.6 is 0 Å². The average molecular weight is 237 g/mol. The monoisotopic (exact) mass is 237 g/mol. The number of nitrogens with zero attached hydrogens (tertiary/aromatic N) is 2. The molecule has 0 aliphatic rings. The van der Waals surface area contributed by atoms with Gasteiger partial charge in [-0.25, -0.2) is 4.98 Å². The van der Waals surface area contributed by atoms with Gasteiger partial charge in [-0.2, -0.15) is 0 Å². The summed E-state index contributed by atoms with van der Waals surface area (Å²) in [4.78, 5) is 20.5. The lowest BCUT2D eigenvalue weighted by atomic mass is 10.3. The Morgan fingerprint density at radius 1 is 1.53 bits per heavy atom. The van der Waals surface area contributed by atoms with Gasteiger partial charge in [-0.3, -0.25) is 4.79 Å². The zero-order chi connectivity index (χ0) is 13.3. The quantitative estimate of drug-likeness (QED) is 0.818. The number of hydrogen-bond donors (Lipinski definition) is 1. The van der Waals surface area contributed by atoms with Crippen molar-refractivity contribution in [1.82, 2.24) is 14.9 Å². The number of aromatic nitrogens is 2. The minimum Gasteiger partial charge on any atom is -0.348 e. The van der Waals surface area contributed by atoms with Gasteiger partial charge in [0.2, 0.25) is 5.91 Å². The van der Waals surface area contributed by atoms with Crippen molar-refractivity contribution in [2.45, 2.75) is 41.2 Å². The first-order valence-corrected chi connectivity index (χ1v) is 6.09. The Morgan fingerprint density at radius 3 is 2.59 bits per heavy atom. The number of amides is 1. The van der Waals surface area contributed by atoms with E-state index in [0.29, 0.717) is 13.1 Å². The van der Waals surface area contributed by atoms with Crippen LogP contribution in [0.5, 0.6) is 0 Å². The van der Waals surface area contributed by atoms with Crippen molar-refractivity contribution in [2.75, 3.05) is 6.54 Å². The Kier molecular flexibility index (Phi) is 7.76. The van der Waals surface area contributed by atoms with Crippen LogP contribution in [0.25, 0.3) is 0 Å². The number of carbonyl (C=O) groups is 1. The number of H-pyrrole nitrogens is 1. The number of hydrogen-bond acceptors (Lipinski definition) is 2. The highest BCUT2D eigenvalue weighted by Crippen LogP contribution is 2.05. The van der Waals surface area contributed by atoms with Crippen molar-refractivity contribution in [3.63, 3.8) is 0 Å². The lowest BCUT2D eigenvalue weighted by molar-refractivity contribution is -0.126. The van der Waals surface area contributed by atoms with E-state index in [2.05, 4.69) is 9.97 Å². The molecule has 0 aliphatic carbocycles. The normalized spacial score (nSPS) is 9.94. The molecule has 1 aromatic heterocycles. The summed E-state index contributed by atoms with van der Waals surface area (Å²) in [6.45, 7) is 11.0. The summed E-state index contributed by atoms with van der Waals surface area (Å²) in [7, 11) is 0. The van der Waals surface area contributed by atoms with Crippen molar-refractivity contribution in [1.29, 1.82) is 0 Å². The van der Waals surface area contributed by atoms with E-state index in [9.17, 15) is 4.79 Å². The van der Waals surface area contributed by atoms with E-state index in [0.717, 1.165) is 11.4 Å². The van der Waals surface area contributed by atoms with Gasteiger partial charge in [0.05, 0.1) is 18.6 Å². The van der Waals surface area contributed by atoms with E-state index in [1.54, 1.807) is 23.4 Å². The Hall–Kier alpha value is -1.58. The molecular weight excluding hydrogens is 214 g/mol. The molecule has 1 heterocycles. The lowest BCUT2D eigenvalue weighted by Crippen LogP contribution is -2.29. The molecule has 0 atom stereocenters. The second kappa shape index (κ2) is 8.56. The fourth-order valence-corrected chi connectivity index (χ4v) is 1.32. The third-order valence-corrected chi connectivity index (χ3v) is 2.28. The van der Waals surface area contributed by atoms with Gasteiger partial charge in [-0.1, -0.05) is 19.9 Å². The van der Waals surface area contributed by atoms with Crippen LogP contribution in [0.4, 0.5) is 0 Å². The second-order valence-electron chi connectivity index (χ2n) is 3.33. The molecule has 0 saturated carbocycles. The number of likely N-dealkylation sites (N-methyl/N-ethyl adjacent to an activating group) is 1. The first-order valence-electron chi connectivity index (χ1n) is 6.09. The van der Waals surface area contributed by atoms with Gasteiger partial charge < -0.3 is 9.88 Å². The highest BCUT2D eigenvalue weighted by Gasteiger charge is 2.11. The molecule has 0 aromatic carbocycles. The number of aromatic amines is 1. The van der Waals surface area contributed by atoms with Gasteiger partial charge in [-0.15, -0.1) is 0 Å². The van der Waals surface area contributed by atoms with Crippen LogP contribution in [-0.2, 0) is 11.3 Å². The largest absolute Gasteiger partial charge is 0.348 e. The molecular formula is C13H23N3O. The molecule has 0 spiro atoms. The molecule has 4 nitrogen and oxygen atoms in total. The third-order valence-electron chi connectivity index (χ3n) is 2.28. The first kappa shape index (κ1) is 15.4. The van der Waals surface area contributed by atoms with Crippen LogP contribution in [0.1, 0.15) is 39.1 Å². The topological polar surface area (TPSA) is 49.0 Å². The minimum atomic E-state index is 0.0300. The summed E-state index contributed by atoms with van der Waals surface area (Å²) in [6, 6.07) is 0. The molecule has 0 radical (unpaired) electrons. The van der Waals surface area contributed by atoms with Crippen molar-refractivity contribution in [2.24, 2.45) is 0 Å². The summed E-state index contributed by atoms with van der Waals surface area (Å²) >= 11 is 0. The molecule has 1 N–H and O–H groups in total. The fraction of sp³-hybridized carbons (Fsp3) is 0.538. The molecule has 1 aromatic rings. The van der Waals surface area contributed by atoms with Crippen molar-refractivity contribution < 1.29 is 4.79 Å². The van der Waals surface area contributed by atoms with Crippen molar-refractivity contribution >= 4 is 5.91 Å². The predicted molar refractivity (Wildman–Crippen MR) is 70.6 cm³/mol. The van der Waals surface area contributed by atoms with Gasteiger partial charge >= 0.3 is 0 Å². The number of imidazole rings is 1. The SMILES string of the molecule is C/C=C/C(=O)N(CC)Cc1nc[nH]c1C.CC. The number of aryl methyl sites for hydroxylation is 1.